The van der Waals surface area contributed by atoms with E-state index in [4.69, 9.17) is 16.3 Å². The monoisotopic (exact) mass is 544 g/mol. The molecule has 2 heterocycles. The number of aromatic nitrogens is 4. The molecular formula is C23H21ClN6O4S2. The maximum Gasteiger partial charge on any atom is 0.272 e. The van der Waals surface area contributed by atoms with Gasteiger partial charge in [-0.25, -0.2) is 4.98 Å². The third-order valence-electron chi connectivity index (χ3n) is 5.09. The summed E-state index contributed by atoms with van der Waals surface area (Å²) in [5, 5.41) is 25.6. The molecule has 1 amide bonds. The second-order valence-electron chi connectivity index (χ2n) is 7.50. The van der Waals surface area contributed by atoms with E-state index >= 15 is 0 Å². The second kappa shape index (κ2) is 11.5. The number of aryl methyl sites for hydroxylation is 1. The highest BCUT2D eigenvalue weighted by molar-refractivity contribution is 7.99. The van der Waals surface area contributed by atoms with Gasteiger partial charge < -0.3 is 14.6 Å². The summed E-state index contributed by atoms with van der Waals surface area (Å²) >= 11 is 8.63. The fourth-order valence-corrected chi connectivity index (χ4v) is 5.02. The molecule has 2 aromatic heterocycles. The fourth-order valence-electron chi connectivity index (χ4n) is 3.27. The largest absolute Gasteiger partial charge is 0.484 e. The van der Waals surface area contributed by atoms with Crippen molar-refractivity contribution >= 4 is 51.4 Å². The number of thioether (sulfide) groups is 1. The number of nitro groups is 1. The minimum Gasteiger partial charge on any atom is -0.484 e. The van der Waals surface area contributed by atoms with E-state index in [2.05, 4.69) is 20.5 Å². The van der Waals surface area contributed by atoms with Crippen molar-refractivity contribution in [1.29, 1.82) is 0 Å². The zero-order valence-electron chi connectivity index (χ0n) is 19.3. The van der Waals surface area contributed by atoms with Gasteiger partial charge in [-0.15, -0.1) is 21.5 Å². The Hall–Kier alpha value is -3.48. The summed E-state index contributed by atoms with van der Waals surface area (Å²) in [6, 6.07) is 12.1. The first kappa shape index (κ1) is 25.6. The topological polar surface area (TPSA) is 125 Å². The van der Waals surface area contributed by atoms with Crippen molar-refractivity contribution in [1.82, 2.24) is 19.7 Å². The number of carbonyl (C=O) groups is 1. The Labute approximate surface area is 219 Å². The summed E-state index contributed by atoms with van der Waals surface area (Å²) < 4.78 is 7.64. The maximum absolute atomic E-state index is 12.5. The van der Waals surface area contributed by atoms with Gasteiger partial charge in [0.25, 0.3) is 5.69 Å². The second-order valence-corrected chi connectivity index (χ2v) is 9.70. The average Bonchev–Trinajstić information content (AvgIpc) is 3.49. The first-order valence-corrected chi connectivity index (χ1v) is 13.0. The molecule has 4 rings (SSSR count). The van der Waals surface area contributed by atoms with Gasteiger partial charge in [0, 0.05) is 29.1 Å². The normalized spacial score (nSPS) is 10.9. The number of hydrogen-bond donors (Lipinski definition) is 1. The Morgan fingerprint density at radius 1 is 1.28 bits per heavy atom. The van der Waals surface area contributed by atoms with Gasteiger partial charge in [0.15, 0.2) is 16.1 Å². The van der Waals surface area contributed by atoms with Crippen molar-refractivity contribution in [2.45, 2.75) is 32.2 Å². The summed E-state index contributed by atoms with van der Waals surface area (Å²) in [5.74, 6) is 1.03. The zero-order valence-corrected chi connectivity index (χ0v) is 21.7. The zero-order chi connectivity index (χ0) is 25.7. The predicted molar refractivity (Wildman–Crippen MR) is 140 cm³/mol. The third kappa shape index (κ3) is 6.01. The quantitative estimate of drug-likeness (QED) is 0.155. The minimum atomic E-state index is -0.422. The van der Waals surface area contributed by atoms with Crippen molar-refractivity contribution in [3.8, 4) is 17.0 Å². The van der Waals surface area contributed by atoms with Crippen LogP contribution in [0.5, 0.6) is 5.75 Å². The Bertz CT molecular complexity index is 1410. The number of para-hydroxylation sites is 1. The molecule has 186 valence electrons. The van der Waals surface area contributed by atoms with Crippen molar-refractivity contribution in [2.75, 3.05) is 11.1 Å². The molecular weight excluding hydrogens is 524 g/mol. The fraction of sp³-hybridized carbons (Fsp3) is 0.217. The van der Waals surface area contributed by atoms with E-state index in [0.717, 1.165) is 0 Å². The van der Waals surface area contributed by atoms with Crippen LogP contribution in [0.3, 0.4) is 0 Å². The van der Waals surface area contributed by atoms with Gasteiger partial charge in [-0.2, -0.15) is 0 Å². The van der Waals surface area contributed by atoms with Crippen LogP contribution in [0.25, 0.3) is 11.3 Å². The lowest BCUT2D eigenvalue weighted by molar-refractivity contribution is -0.385. The van der Waals surface area contributed by atoms with Gasteiger partial charge in [0.2, 0.25) is 5.91 Å². The lowest BCUT2D eigenvalue weighted by Gasteiger charge is -2.09. The summed E-state index contributed by atoms with van der Waals surface area (Å²) in [7, 11) is 0. The lowest BCUT2D eigenvalue weighted by atomic mass is 10.1. The van der Waals surface area contributed by atoms with Crippen LogP contribution >= 0.6 is 34.7 Å². The number of anilines is 1. The van der Waals surface area contributed by atoms with Crippen LogP contribution < -0.4 is 10.1 Å². The molecule has 0 aliphatic heterocycles. The molecule has 0 fully saturated rings. The maximum atomic E-state index is 12.5. The molecule has 36 heavy (non-hydrogen) atoms. The number of thiazole rings is 1. The van der Waals surface area contributed by atoms with E-state index in [1.54, 1.807) is 36.6 Å². The van der Waals surface area contributed by atoms with Crippen molar-refractivity contribution in [2.24, 2.45) is 0 Å². The van der Waals surface area contributed by atoms with Crippen molar-refractivity contribution in [3.63, 3.8) is 0 Å². The number of nitrogens with one attached hydrogen (secondary N) is 1. The molecule has 0 unspecified atom stereocenters. The number of hydrogen-bond acceptors (Lipinski definition) is 9. The van der Waals surface area contributed by atoms with Crippen LogP contribution in [0.1, 0.15) is 18.3 Å². The molecule has 0 atom stereocenters. The van der Waals surface area contributed by atoms with E-state index in [1.807, 2.05) is 23.6 Å². The van der Waals surface area contributed by atoms with Gasteiger partial charge in [-0.05, 0) is 26.0 Å². The van der Waals surface area contributed by atoms with Crippen LogP contribution in [-0.2, 0) is 17.9 Å². The number of carbonyl (C=O) groups excluding carboxylic acids is 1. The molecule has 0 aliphatic rings. The molecule has 4 aromatic rings. The molecule has 10 nitrogen and oxygen atoms in total. The smallest absolute Gasteiger partial charge is 0.272 e. The summed E-state index contributed by atoms with van der Waals surface area (Å²) in [5.41, 5.74) is 1.77. The predicted octanol–water partition coefficient (Wildman–Crippen LogP) is 5.60. The first-order valence-electron chi connectivity index (χ1n) is 10.8. The Balaban J connectivity index is 1.35. The van der Waals surface area contributed by atoms with Gasteiger partial charge in [0.1, 0.15) is 12.4 Å². The van der Waals surface area contributed by atoms with Crippen LogP contribution in [0.4, 0.5) is 10.8 Å². The molecule has 0 radical (unpaired) electrons. The highest BCUT2D eigenvalue weighted by Crippen LogP contribution is 2.30. The van der Waals surface area contributed by atoms with Gasteiger partial charge in [0.05, 0.1) is 21.4 Å². The van der Waals surface area contributed by atoms with E-state index in [0.29, 0.717) is 50.3 Å². The molecule has 13 heteroatoms. The number of nitro benzene ring substituents is 1. The molecule has 0 saturated carbocycles. The number of nitrogens with zero attached hydrogens (tertiary/aromatic N) is 5. The van der Waals surface area contributed by atoms with Crippen LogP contribution in [-0.4, -0.2) is 36.3 Å². The molecule has 1 N–H and O–H groups in total. The standard InChI is InChI=1S/C23H21ClN6O4S2/c1-3-29-20(11-34-19-7-5-4-6-16(19)24)27-28-23(29)36-13-21(31)26-22-25-17(12-35-22)15-9-8-14(2)18(10-15)30(32)33/h4-10,12H,3,11,13H2,1-2H3,(H,25,26,31). The molecule has 2 aromatic carbocycles. The van der Waals surface area contributed by atoms with E-state index in [1.165, 1.54) is 29.2 Å². The molecule has 0 aliphatic carbocycles. The molecule has 0 saturated heterocycles. The Kier molecular flexibility index (Phi) is 8.18. The highest BCUT2D eigenvalue weighted by Gasteiger charge is 2.17. The number of ether oxygens (including phenoxy) is 1. The molecule has 0 spiro atoms. The summed E-state index contributed by atoms with van der Waals surface area (Å²) in [4.78, 5) is 27.7. The molecule has 0 bridgehead atoms. The minimum absolute atomic E-state index is 0.0270. The Morgan fingerprint density at radius 3 is 2.83 bits per heavy atom. The summed E-state index contributed by atoms with van der Waals surface area (Å²) in [6.45, 7) is 4.44. The average molecular weight is 545 g/mol. The number of amides is 1. The van der Waals surface area contributed by atoms with Crippen molar-refractivity contribution < 1.29 is 14.5 Å². The van der Waals surface area contributed by atoms with Gasteiger partial charge >= 0.3 is 0 Å². The van der Waals surface area contributed by atoms with E-state index in [-0.39, 0.29) is 24.0 Å². The van der Waals surface area contributed by atoms with Gasteiger partial charge in [-0.1, -0.05) is 47.6 Å². The van der Waals surface area contributed by atoms with Crippen LogP contribution in [0, 0.1) is 17.0 Å². The lowest BCUT2D eigenvalue weighted by Crippen LogP contribution is -2.14. The first-order chi connectivity index (χ1) is 17.4. The van der Waals surface area contributed by atoms with Crippen molar-refractivity contribution in [3.05, 3.63) is 74.4 Å². The Morgan fingerprint density at radius 2 is 2.08 bits per heavy atom. The highest BCUT2D eigenvalue weighted by atomic mass is 35.5. The van der Waals surface area contributed by atoms with Crippen LogP contribution in [0.15, 0.2) is 53.0 Å². The number of halogens is 1. The van der Waals surface area contributed by atoms with E-state index < -0.39 is 4.92 Å². The summed E-state index contributed by atoms with van der Waals surface area (Å²) in [6.07, 6.45) is 0. The van der Waals surface area contributed by atoms with Crippen LogP contribution in [0.2, 0.25) is 5.02 Å². The number of benzene rings is 2. The number of rotatable bonds is 10. The van der Waals surface area contributed by atoms with E-state index in [9.17, 15) is 14.9 Å². The van der Waals surface area contributed by atoms with Gasteiger partial charge in [-0.3, -0.25) is 14.9 Å². The SMILES string of the molecule is CCn1c(COc2ccccc2Cl)nnc1SCC(=O)Nc1nc(-c2ccc(C)c([N+](=O)[O-])c2)cs1. The third-order valence-corrected chi connectivity index (χ3v) is 7.12.